The zero-order valence-electron chi connectivity index (χ0n) is 14.9. The third kappa shape index (κ3) is 3.69. The number of hydrogen-bond donors (Lipinski definition) is 0. The Morgan fingerprint density at radius 1 is 1.18 bits per heavy atom. The Hall–Kier alpha value is -2.96. The number of carbonyl (C=O) groups excluding carboxylic acids is 1. The molecule has 3 heterocycles. The minimum Gasteiger partial charge on any atom is -0.455 e. The summed E-state index contributed by atoms with van der Waals surface area (Å²) in [6.07, 6.45) is 1.66. The summed E-state index contributed by atoms with van der Waals surface area (Å²) in [5.41, 5.74) is 2.62. The molecule has 5 nitrogen and oxygen atoms in total. The van der Waals surface area contributed by atoms with Crippen LogP contribution in [0.3, 0.4) is 0 Å². The molecule has 0 fully saturated rings. The van der Waals surface area contributed by atoms with Crippen molar-refractivity contribution in [2.45, 2.75) is 13.5 Å². The van der Waals surface area contributed by atoms with Crippen LogP contribution in [0, 0.1) is 6.92 Å². The largest absolute Gasteiger partial charge is 0.455 e. The van der Waals surface area contributed by atoms with Gasteiger partial charge in [-0.15, -0.1) is 11.3 Å². The standard InChI is InChI=1S/C21H15ClN2O3S/c1-13-3-2-10-24-19(25)11-16(23-20(13)24)12-27-21(26)18-9-8-17(28-18)14-4-6-15(22)7-5-14/h2-11H,12H2,1H3. The molecule has 7 heteroatoms. The van der Waals surface area contributed by atoms with E-state index < -0.39 is 5.97 Å². The Morgan fingerprint density at radius 3 is 2.75 bits per heavy atom. The molecule has 0 aliphatic heterocycles. The van der Waals surface area contributed by atoms with E-state index in [-0.39, 0.29) is 12.2 Å². The van der Waals surface area contributed by atoms with Crippen molar-refractivity contribution in [3.8, 4) is 10.4 Å². The zero-order chi connectivity index (χ0) is 19.7. The number of aryl methyl sites for hydroxylation is 1. The molecule has 140 valence electrons. The van der Waals surface area contributed by atoms with Gasteiger partial charge in [0, 0.05) is 22.2 Å². The number of nitrogens with zero attached hydrogens (tertiary/aromatic N) is 2. The van der Waals surface area contributed by atoms with Gasteiger partial charge in [-0.3, -0.25) is 9.20 Å². The first kappa shape index (κ1) is 18.4. The molecule has 0 atom stereocenters. The van der Waals surface area contributed by atoms with Gasteiger partial charge < -0.3 is 4.74 Å². The lowest BCUT2D eigenvalue weighted by molar-refractivity contribution is 0.0473. The molecule has 0 N–H and O–H groups in total. The average molecular weight is 411 g/mol. The third-order valence-corrected chi connectivity index (χ3v) is 5.59. The van der Waals surface area contributed by atoms with Crippen LogP contribution in [0.2, 0.25) is 5.02 Å². The second-order valence-corrected chi connectivity index (χ2v) is 7.74. The lowest BCUT2D eigenvalue weighted by Crippen LogP contribution is -2.17. The molecule has 4 aromatic rings. The van der Waals surface area contributed by atoms with Gasteiger partial charge >= 0.3 is 5.97 Å². The van der Waals surface area contributed by atoms with E-state index in [9.17, 15) is 9.59 Å². The highest BCUT2D eigenvalue weighted by Crippen LogP contribution is 2.29. The minimum absolute atomic E-state index is 0.0624. The molecular formula is C21H15ClN2O3S. The van der Waals surface area contributed by atoms with E-state index in [2.05, 4.69) is 4.98 Å². The molecule has 0 unspecified atom stereocenters. The minimum atomic E-state index is -0.447. The Morgan fingerprint density at radius 2 is 1.96 bits per heavy atom. The van der Waals surface area contributed by atoms with Crippen molar-refractivity contribution in [1.29, 1.82) is 0 Å². The first-order valence-electron chi connectivity index (χ1n) is 8.52. The number of esters is 1. The van der Waals surface area contributed by atoms with Gasteiger partial charge in [0.05, 0.1) is 5.69 Å². The van der Waals surface area contributed by atoms with Gasteiger partial charge in [0.25, 0.3) is 5.56 Å². The molecule has 0 bridgehead atoms. The van der Waals surface area contributed by atoms with E-state index in [1.54, 1.807) is 30.5 Å². The summed E-state index contributed by atoms with van der Waals surface area (Å²) in [5.74, 6) is -0.447. The number of rotatable bonds is 4. The highest BCUT2D eigenvalue weighted by atomic mass is 35.5. The monoisotopic (exact) mass is 410 g/mol. The van der Waals surface area contributed by atoms with Crippen molar-refractivity contribution in [3.05, 3.63) is 92.3 Å². The van der Waals surface area contributed by atoms with E-state index >= 15 is 0 Å². The van der Waals surface area contributed by atoms with Gasteiger partial charge in [-0.1, -0.05) is 29.8 Å². The predicted molar refractivity (Wildman–Crippen MR) is 110 cm³/mol. The normalized spacial score (nSPS) is 10.9. The number of carbonyl (C=O) groups is 1. The van der Waals surface area contributed by atoms with E-state index in [0.29, 0.717) is 21.2 Å². The fourth-order valence-electron chi connectivity index (χ4n) is 2.81. The highest BCUT2D eigenvalue weighted by molar-refractivity contribution is 7.17. The zero-order valence-corrected chi connectivity index (χ0v) is 16.5. The van der Waals surface area contributed by atoms with Crippen LogP contribution in [-0.2, 0) is 11.3 Å². The van der Waals surface area contributed by atoms with Gasteiger partial charge in [-0.2, -0.15) is 0 Å². The summed E-state index contributed by atoms with van der Waals surface area (Å²) >= 11 is 7.25. The van der Waals surface area contributed by atoms with Crippen molar-refractivity contribution in [2.24, 2.45) is 0 Å². The Balaban J connectivity index is 1.51. The van der Waals surface area contributed by atoms with E-state index in [0.717, 1.165) is 16.0 Å². The fourth-order valence-corrected chi connectivity index (χ4v) is 3.84. The van der Waals surface area contributed by atoms with Crippen molar-refractivity contribution in [1.82, 2.24) is 9.38 Å². The first-order chi connectivity index (χ1) is 13.5. The molecule has 0 radical (unpaired) electrons. The van der Waals surface area contributed by atoms with Crippen LogP contribution in [-0.4, -0.2) is 15.4 Å². The van der Waals surface area contributed by atoms with E-state index in [4.69, 9.17) is 16.3 Å². The Bertz CT molecular complexity index is 1230. The molecule has 0 aliphatic carbocycles. The third-order valence-electron chi connectivity index (χ3n) is 4.23. The van der Waals surface area contributed by atoms with Crippen LogP contribution in [0.4, 0.5) is 0 Å². The molecule has 4 rings (SSSR count). The van der Waals surface area contributed by atoms with Crippen LogP contribution in [0.5, 0.6) is 0 Å². The molecular weight excluding hydrogens is 396 g/mol. The SMILES string of the molecule is Cc1cccn2c(=O)cc(COC(=O)c3ccc(-c4ccc(Cl)cc4)s3)nc12. The van der Waals surface area contributed by atoms with Gasteiger partial charge in [0.2, 0.25) is 0 Å². The molecule has 0 amide bonds. The van der Waals surface area contributed by atoms with E-state index in [1.807, 2.05) is 31.2 Å². The van der Waals surface area contributed by atoms with Crippen molar-refractivity contribution >= 4 is 34.6 Å². The number of hydrogen-bond acceptors (Lipinski definition) is 5. The average Bonchev–Trinajstić information content (AvgIpc) is 3.18. The summed E-state index contributed by atoms with van der Waals surface area (Å²) in [6, 6.07) is 16.1. The smallest absolute Gasteiger partial charge is 0.348 e. The number of thiophene rings is 1. The fraction of sp³-hybridized carbons (Fsp3) is 0.0952. The molecule has 0 aliphatic rings. The summed E-state index contributed by atoms with van der Waals surface area (Å²) in [5, 5.41) is 0.661. The Kier molecular flexibility index (Phi) is 4.98. The van der Waals surface area contributed by atoms with Crippen molar-refractivity contribution < 1.29 is 9.53 Å². The quantitative estimate of drug-likeness (QED) is 0.456. The van der Waals surface area contributed by atoms with Crippen molar-refractivity contribution in [2.75, 3.05) is 0 Å². The number of benzene rings is 1. The second-order valence-electron chi connectivity index (χ2n) is 6.22. The summed E-state index contributed by atoms with van der Waals surface area (Å²) < 4.78 is 6.84. The molecule has 0 saturated heterocycles. The van der Waals surface area contributed by atoms with Gasteiger partial charge in [0.15, 0.2) is 0 Å². The maximum atomic E-state index is 12.4. The highest BCUT2D eigenvalue weighted by Gasteiger charge is 2.13. The number of aromatic nitrogens is 2. The van der Waals surface area contributed by atoms with E-state index in [1.165, 1.54) is 21.8 Å². The summed E-state index contributed by atoms with van der Waals surface area (Å²) in [6.45, 7) is 1.81. The molecule has 3 aromatic heterocycles. The van der Waals surface area contributed by atoms with Gasteiger partial charge in [-0.25, -0.2) is 9.78 Å². The summed E-state index contributed by atoms with van der Waals surface area (Å²) in [4.78, 5) is 30.5. The van der Waals surface area contributed by atoms with Crippen molar-refractivity contribution in [3.63, 3.8) is 0 Å². The van der Waals surface area contributed by atoms with Crippen LogP contribution < -0.4 is 5.56 Å². The Labute approximate surface area is 169 Å². The van der Waals surface area contributed by atoms with Crippen LogP contribution in [0.25, 0.3) is 16.1 Å². The van der Waals surface area contributed by atoms with Gasteiger partial charge in [-0.05, 0) is 48.4 Å². The molecule has 28 heavy (non-hydrogen) atoms. The van der Waals surface area contributed by atoms with Crippen LogP contribution in [0.15, 0.2) is 65.6 Å². The summed E-state index contributed by atoms with van der Waals surface area (Å²) in [7, 11) is 0. The van der Waals surface area contributed by atoms with Gasteiger partial charge in [0.1, 0.15) is 17.1 Å². The topological polar surface area (TPSA) is 60.7 Å². The lowest BCUT2D eigenvalue weighted by Gasteiger charge is -2.06. The van der Waals surface area contributed by atoms with Crippen LogP contribution >= 0.6 is 22.9 Å². The number of halogens is 1. The number of fused-ring (bicyclic) bond motifs is 1. The number of pyridine rings is 1. The molecule has 1 aromatic carbocycles. The number of ether oxygens (including phenoxy) is 1. The first-order valence-corrected chi connectivity index (χ1v) is 9.71. The molecule has 0 saturated carbocycles. The molecule has 0 spiro atoms. The second kappa shape index (κ2) is 7.58. The maximum absolute atomic E-state index is 12.4. The lowest BCUT2D eigenvalue weighted by atomic mass is 10.2. The maximum Gasteiger partial charge on any atom is 0.348 e. The van der Waals surface area contributed by atoms with Crippen LogP contribution in [0.1, 0.15) is 20.9 Å². The predicted octanol–water partition coefficient (Wildman–Crippen LogP) is 4.74.